The van der Waals surface area contributed by atoms with Crippen LogP contribution < -0.4 is 5.32 Å². The van der Waals surface area contributed by atoms with Crippen LogP contribution in [-0.2, 0) is 14.3 Å². The number of rotatable bonds is 2. The predicted molar refractivity (Wildman–Crippen MR) is 77.7 cm³/mol. The number of likely N-dealkylation sites (tertiary alicyclic amines) is 1. The minimum Gasteiger partial charge on any atom is -0.381 e. The van der Waals surface area contributed by atoms with Crippen LogP contribution in [0.2, 0.25) is 0 Å². The van der Waals surface area contributed by atoms with Crippen molar-refractivity contribution in [2.45, 2.75) is 31.7 Å². The Hall–Kier alpha value is -1.14. The Morgan fingerprint density at radius 2 is 1.67 bits per heavy atom. The number of nitrogens with one attached hydrogen (secondary N) is 1. The topological polar surface area (TPSA) is 61.9 Å². The van der Waals surface area contributed by atoms with Gasteiger partial charge in [0.25, 0.3) is 0 Å². The van der Waals surface area contributed by atoms with Gasteiger partial charge in [-0.15, -0.1) is 0 Å². The van der Waals surface area contributed by atoms with Crippen LogP contribution in [0.1, 0.15) is 25.7 Å². The van der Waals surface area contributed by atoms with E-state index in [4.69, 9.17) is 4.74 Å². The molecule has 3 saturated heterocycles. The van der Waals surface area contributed by atoms with Gasteiger partial charge in [0, 0.05) is 51.9 Å². The van der Waals surface area contributed by atoms with Gasteiger partial charge in [0.15, 0.2) is 0 Å². The first-order chi connectivity index (χ1) is 10.3. The lowest BCUT2D eigenvalue weighted by molar-refractivity contribution is -0.148. The van der Waals surface area contributed by atoms with Crippen molar-refractivity contribution in [3.05, 3.63) is 0 Å². The monoisotopic (exact) mass is 295 g/mol. The van der Waals surface area contributed by atoms with Gasteiger partial charge in [0.1, 0.15) is 6.04 Å². The molecule has 3 aliphatic rings. The summed E-state index contributed by atoms with van der Waals surface area (Å²) in [6, 6.07) is -0.224. The highest BCUT2D eigenvalue weighted by Gasteiger charge is 2.39. The van der Waals surface area contributed by atoms with Crippen LogP contribution in [0.15, 0.2) is 0 Å². The molecule has 1 atom stereocenters. The Bertz CT molecular complexity index is 354. The largest absolute Gasteiger partial charge is 0.381 e. The second-order valence-corrected chi connectivity index (χ2v) is 6.15. The Balaban J connectivity index is 1.63. The summed E-state index contributed by atoms with van der Waals surface area (Å²) >= 11 is 0. The molecule has 0 aliphatic carbocycles. The Morgan fingerprint density at radius 1 is 0.952 bits per heavy atom. The molecule has 0 aromatic carbocycles. The van der Waals surface area contributed by atoms with Gasteiger partial charge < -0.3 is 19.9 Å². The molecule has 1 N–H and O–H groups in total. The average Bonchev–Trinajstić information content (AvgIpc) is 3.04. The van der Waals surface area contributed by atoms with E-state index in [1.54, 1.807) is 0 Å². The second kappa shape index (κ2) is 6.75. The first-order valence-corrected chi connectivity index (χ1v) is 8.15. The van der Waals surface area contributed by atoms with Gasteiger partial charge in [-0.2, -0.15) is 0 Å². The third-order valence-electron chi connectivity index (χ3n) is 4.82. The maximum atomic E-state index is 12.7. The molecule has 3 aliphatic heterocycles. The molecule has 0 aromatic rings. The van der Waals surface area contributed by atoms with Crippen molar-refractivity contribution in [1.29, 1.82) is 0 Å². The normalized spacial score (nSPS) is 27.9. The average molecular weight is 295 g/mol. The van der Waals surface area contributed by atoms with Crippen molar-refractivity contribution in [2.24, 2.45) is 5.92 Å². The lowest BCUT2D eigenvalue weighted by Crippen LogP contribution is -2.54. The number of amides is 2. The summed E-state index contributed by atoms with van der Waals surface area (Å²) in [6.45, 7) is 5.29. The van der Waals surface area contributed by atoms with E-state index in [1.165, 1.54) is 0 Å². The first-order valence-electron chi connectivity index (χ1n) is 8.15. The first kappa shape index (κ1) is 14.8. The zero-order valence-corrected chi connectivity index (χ0v) is 12.6. The van der Waals surface area contributed by atoms with E-state index >= 15 is 0 Å². The standard InChI is InChI=1S/C15H25N3O3/c19-14(12-3-10-21-11-4-12)18-7-1-2-13(18)15(20)17-8-5-16-6-9-17/h12-13,16H,1-11H2. The summed E-state index contributed by atoms with van der Waals surface area (Å²) in [5, 5.41) is 3.26. The van der Waals surface area contributed by atoms with Gasteiger partial charge in [-0.25, -0.2) is 0 Å². The number of hydrogen-bond acceptors (Lipinski definition) is 4. The fourth-order valence-corrected chi connectivity index (χ4v) is 3.56. The second-order valence-electron chi connectivity index (χ2n) is 6.15. The van der Waals surface area contributed by atoms with Gasteiger partial charge in [-0.1, -0.05) is 0 Å². The van der Waals surface area contributed by atoms with Crippen LogP contribution in [0.4, 0.5) is 0 Å². The molecule has 3 rings (SSSR count). The predicted octanol–water partition coefficient (Wildman–Crippen LogP) is -0.164. The van der Waals surface area contributed by atoms with Gasteiger partial charge in [-0.3, -0.25) is 9.59 Å². The number of hydrogen-bond donors (Lipinski definition) is 1. The number of ether oxygens (including phenoxy) is 1. The van der Waals surface area contributed by atoms with E-state index in [1.807, 2.05) is 9.80 Å². The van der Waals surface area contributed by atoms with Crippen LogP contribution in [0.3, 0.4) is 0 Å². The van der Waals surface area contributed by atoms with E-state index in [-0.39, 0.29) is 23.8 Å². The molecule has 0 aromatic heterocycles. The lowest BCUT2D eigenvalue weighted by Gasteiger charge is -2.34. The van der Waals surface area contributed by atoms with Gasteiger partial charge >= 0.3 is 0 Å². The molecule has 3 heterocycles. The highest BCUT2D eigenvalue weighted by molar-refractivity contribution is 5.89. The summed E-state index contributed by atoms with van der Waals surface area (Å²) in [5.74, 6) is 0.369. The van der Waals surface area contributed by atoms with Crippen LogP contribution >= 0.6 is 0 Å². The molecule has 6 nitrogen and oxygen atoms in total. The minimum absolute atomic E-state index is 0.0511. The van der Waals surface area contributed by atoms with Crippen LogP contribution in [-0.4, -0.2) is 73.6 Å². The quantitative estimate of drug-likeness (QED) is 0.769. The summed E-state index contributed by atoms with van der Waals surface area (Å²) in [7, 11) is 0. The number of carbonyl (C=O) groups excluding carboxylic acids is 2. The Labute approximate surface area is 125 Å². The zero-order valence-electron chi connectivity index (χ0n) is 12.6. The van der Waals surface area contributed by atoms with E-state index in [2.05, 4.69) is 5.32 Å². The lowest BCUT2D eigenvalue weighted by atomic mass is 9.98. The highest BCUT2D eigenvalue weighted by Crippen LogP contribution is 2.25. The van der Waals surface area contributed by atoms with Gasteiger partial charge in [0.2, 0.25) is 11.8 Å². The maximum absolute atomic E-state index is 12.7. The molecule has 0 radical (unpaired) electrons. The number of nitrogens with zero attached hydrogens (tertiary/aromatic N) is 2. The van der Waals surface area contributed by atoms with Crippen molar-refractivity contribution < 1.29 is 14.3 Å². The van der Waals surface area contributed by atoms with Gasteiger partial charge in [0.05, 0.1) is 0 Å². The molecule has 0 saturated carbocycles. The summed E-state index contributed by atoms with van der Waals surface area (Å²) in [6.07, 6.45) is 3.35. The third kappa shape index (κ3) is 3.21. The minimum atomic E-state index is -0.224. The SMILES string of the molecule is O=C(C1CCCN1C(=O)C1CCOCC1)N1CCNCC1. The highest BCUT2D eigenvalue weighted by atomic mass is 16.5. The van der Waals surface area contributed by atoms with Crippen molar-refractivity contribution in [3.8, 4) is 0 Å². The van der Waals surface area contributed by atoms with Gasteiger partial charge in [-0.05, 0) is 25.7 Å². The molecule has 3 fully saturated rings. The summed E-state index contributed by atoms with van der Waals surface area (Å²) in [5.41, 5.74) is 0. The van der Waals surface area contributed by atoms with E-state index < -0.39 is 0 Å². The van der Waals surface area contributed by atoms with Crippen molar-refractivity contribution in [3.63, 3.8) is 0 Å². The summed E-state index contributed by atoms with van der Waals surface area (Å²) in [4.78, 5) is 29.1. The Morgan fingerprint density at radius 3 is 2.38 bits per heavy atom. The molecule has 6 heteroatoms. The third-order valence-corrected chi connectivity index (χ3v) is 4.82. The number of piperazine rings is 1. The molecule has 2 amide bonds. The van der Waals surface area contributed by atoms with Crippen LogP contribution in [0.25, 0.3) is 0 Å². The van der Waals surface area contributed by atoms with Crippen molar-refractivity contribution in [2.75, 3.05) is 45.9 Å². The summed E-state index contributed by atoms with van der Waals surface area (Å²) < 4.78 is 5.33. The van der Waals surface area contributed by atoms with Crippen LogP contribution in [0.5, 0.6) is 0 Å². The number of carbonyl (C=O) groups is 2. The van der Waals surface area contributed by atoms with Crippen LogP contribution in [0, 0.1) is 5.92 Å². The molecular formula is C15H25N3O3. The van der Waals surface area contributed by atoms with E-state index in [0.29, 0.717) is 13.2 Å². The zero-order chi connectivity index (χ0) is 14.7. The molecule has 118 valence electrons. The molecule has 1 unspecified atom stereocenters. The molecule has 0 spiro atoms. The van der Waals surface area contributed by atoms with E-state index in [0.717, 1.165) is 58.4 Å². The molecule has 21 heavy (non-hydrogen) atoms. The van der Waals surface area contributed by atoms with Crippen molar-refractivity contribution in [1.82, 2.24) is 15.1 Å². The molecule has 0 bridgehead atoms. The maximum Gasteiger partial charge on any atom is 0.245 e. The molecular weight excluding hydrogens is 270 g/mol. The fraction of sp³-hybridized carbons (Fsp3) is 0.867. The van der Waals surface area contributed by atoms with Crippen molar-refractivity contribution >= 4 is 11.8 Å². The van der Waals surface area contributed by atoms with E-state index in [9.17, 15) is 9.59 Å². The fourth-order valence-electron chi connectivity index (χ4n) is 3.56. The smallest absolute Gasteiger partial charge is 0.245 e. The Kier molecular flexibility index (Phi) is 4.75.